The van der Waals surface area contributed by atoms with Gasteiger partial charge in [-0.05, 0) is 25.8 Å². The van der Waals surface area contributed by atoms with E-state index in [1.165, 1.54) is 31.5 Å². The van der Waals surface area contributed by atoms with E-state index < -0.39 is 6.61 Å². The van der Waals surface area contributed by atoms with Crippen LogP contribution in [0.3, 0.4) is 0 Å². The van der Waals surface area contributed by atoms with Gasteiger partial charge in [0.15, 0.2) is 11.6 Å². The lowest BCUT2D eigenvalue weighted by molar-refractivity contribution is -0.0494. The molecule has 3 aliphatic rings. The van der Waals surface area contributed by atoms with E-state index in [1.807, 2.05) is 13.0 Å². The first-order valence-electron chi connectivity index (χ1n) is 10.6. The Morgan fingerprint density at radius 1 is 1.23 bits per heavy atom. The minimum absolute atomic E-state index is 0.0878. The Hall–Kier alpha value is -2.75. The van der Waals surface area contributed by atoms with Gasteiger partial charge in [-0.2, -0.15) is 13.8 Å². The van der Waals surface area contributed by atoms with Gasteiger partial charge in [0.2, 0.25) is 5.95 Å². The second-order valence-electron chi connectivity index (χ2n) is 8.73. The first-order valence-corrected chi connectivity index (χ1v) is 10.6. The third kappa shape index (κ3) is 3.96. The molecule has 1 spiro atoms. The third-order valence-corrected chi connectivity index (χ3v) is 6.41. The molecule has 2 saturated heterocycles. The molecule has 0 amide bonds. The number of pyridine rings is 1. The third-order valence-electron chi connectivity index (χ3n) is 6.41. The maximum atomic E-state index is 12.8. The molecule has 2 aliphatic heterocycles. The van der Waals surface area contributed by atoms with Crippen LogP contribution in [0.25, 0.3) is 11.3 Å². The predicted octanol–water partition coefficient (Wildman–Crippen LogP) is 2.94. The Balaban J connectivity index is 1.50. The lowest BCUT2D eigenvalue weighted by Crippen LogP contribution is -2.60. The highest BCUT2D eigenvalue weighted by Crippen LogP contribution is 2.49. The van der Waals surface area contributed by atoms with E-state index in [1.54, 1.807) is 0 Å². The van der Waals surface area contributed by atoms with Crippen molar-refractivity contribution in [3.63, 3.8) is 0 Å². The van der Waals surface area contributed by atoms with Crippen molar-refractivity contribution in [1.82, 2.24) is 15.0 Å². The molecule has 1 atom stereocenters. The lowest BCUT2D eigenvalue weighted by atomic mass is 9.64. The number of ether oxygens (including phenoxy) is 2. The summed E-state index contributed by atoms with van der Waals surface area (Å²) in [5.74, 6) is 1.19. The molecule has 2 aromatic rings. The van der Waals surface area contributed by atoms with E-state index in [0.717, 1.165) is 32.0 Å². The monoisotopic (exact) mass is 432 g/mol. The minimum Gasteiger partial charge on any atom is -0.431 e. The second kappa shape index (κ2) is 7.74. The topological polar surface area (TPSA) is 89.6 Å². The Morgan fingerprint density at radius 3 is 2.71 bits per heavy atom. The summed E-state index contributed by atoms with van der Waals surface area (Å²) < 4.78 is 35.7. The Morgan fingerprint density at radius 2 is 2.03 bits per heavy atom. The number of morpholine rings is 1. The van der Waals surface area contributed by atoms with E-state index in [-0.39, 0.29) is 17.7 Å². The Labute approximate surface area is 179 Å². The maximum Gasteiger partial charge on any atom is 0.387 e. The van der Waals surface area contributed by atoms with Crippen LogP contribution < -0.4 is 20.3 Å². The fourth-order valence-electron chi connectivity index (χ4n) is 4.58. The van der Waals surface area contributed by atoms with Crippen molar-refractivity contribution < 1.29 is 18.3 Å². The van der Waals surface area contributed by atoms with Crippen molar-refractivity contribution in [1.29, 1.82) is 0 Å². The van der Waals surface area contributed by atoms with Gasteiger partial charge in [-0.25, -0.2) is 9.97 Å². The van der Waals surface area contributed by atoms with Gasteiger partial charge in [-0.3, -0.25) is 0 Å². The van der Waals surface area contributed by atoms with E-state index in [4.69, 9.17) is 20.4 Å². The van der Waals surface area contributed by atoms with Crippen molar-refractivity contribution in [2.45, 2.75) is 38.9 Å². The fourth-order valence-corrected chi connectivity index (χ4v) is 4.58. The summed E-state index contributed by atoms with van der Waals surface area (Å²) in [7, 11) is 0. The van der Waals surface area contributed by atoms with Crippen LogP contribution in [0.2, 0.25) is 0 Å². The molecule has 8 nitrogen and oxygen atoms in total. The van der Waals surface area contributed by atoms with Gasteiger partial charge in [-0.1, -0.05) is 6.42 Å². The number of rotatable bonds is 5. The van der Waals surface area contributed by atoms with Gasteiger partial charge in [0.25, 0.3) is 0 Å². The number of hydrogen-bond acceptors (Lipinski definition) is 8. The maximum absolute atomic E-state index is 12.8. The highest BCUT2D eigenvalue weighted by Gasteiger charge is 2.48. The van der Waals surface area contributed by atoms with Crippen LogP contribution in [0.5, 0.6) is 5.75 Å². The number of nitrogen functional groups attached to an aromatic ring is 1. The average molecular weight is 432 g/mol. The molecule has 0 aromatic carbocycles. The Bertz CT molecular complexity index is 963. The summed E-state index contributed by atoms with van der Waals surface area (Å²) >= 11 is 0. The van der Waals surface area contributed by atoms with Gasteiger partial charge in [0.1, 0.15) is 5.82 Å². The zero-order valence-electron chi connectivity index (χ0n) is 17.4. The number of halogens is 2. The molecule has 0 unspecified atom stereocenters. The molecule has 4 heterocycles. The van der Waals surface area contributed by atoms with Crippen molar-refractivity contribution in [3.8, 4) is 17.0 Å². The second-order valence-corrected chi connectivity index (χ2v) is 8.73. The van der Waals surface area contributed by atoms with Gasteiger partial charge in [0, 0.05) is 49.4 Å². The highest BCUT2D eigenvalue weighted by atomic mass is 19.3. The molecule has 0 radical (unpaired) electrons. The number of nitrogens with zero attached hydrogens (tertiary/aromatic N) is 5. The molecule has 0 bridgehead atoms. The molecule has 5 rings (SSSR count). The van der Waals surface area contributed by atoms with E-state index in [2.05, 4.69) is 19.5 Å². The molecular formula is C21H26F2N6O2. The summed E-state index contributed by atoms with van der Waals surface area (Å²) in [6.45, 7) is 3.03. The minimum atomic E-state index is -2.98. The molecular weight excluding hydrogens is 406 g/mol. The molecule has 1 aliphatic carbocycles. The van der Waals surface area contributed by atoms with Crippen LogP contribution in [0.4, 0.5) is 26.4 Å². The zero-order valence-corrected chi connectivity index (χ0v) is 17.4. The molecule has 3 fully saturated rings. The summed E-state index contributed by atoms with van der Waals surface area (Å²) in [6.07, 6.45) is 5.42. The average Bonchev–Trinajstić information content (AvgIpc) is 2.67. The van der Waals surface area contributed by atoms with Crippen molar-refractivity contribution in [2.24, 2.45) is 5.41 Å². The van der Waals surface area contributed by atoms with Gasteiger partial charge in [-0.15, -0.1) is 0 Å². The summed E-state index contributed by atoms with van der Waals surface area (Å²) in [5.41, 5.74) is 7.28. The number of alkyl halides is 2. The van der Waals surface area contributed by atoms with Crippen molar-refractivity contribution >= 4 is 17.6 Å². The first kappa shape index (κ1) is 20.2. The van der Waals surface area contributed by atoms with E-state index >= 15 is 0 Å². The number of aromatic nitrogens is 3. The molecule has 31 heavy (non-hydrogen) atoms. The number of hydrogen-bond donors (Lipinski definition) is 1. The summed E-state index contributed by atoms with van der Waals surface area (Å²) in [4.78, 5) is 18.0. The normalized spacial score (nSPS) is 22.4. The number of nitrogens with two attached hydrogens (primary N) is 1. The van der Waals surface area contributed by atoms with E-state index in [9.17, 15) is 8.78 Å². The van der Waals surface area contributed by atoms with Crippen molar-refractivity contribution in [3.05, 3.63) is 18.3 Å². The largest absolute Gasteiger partial charge is 0.431 e. The summed E-state index contributed by atoms with van der Waals surface area (Å²) in [6, 6.07) is 3.32. The zero-order chi connectivity index (χ0) is 21.6. The Kier molecular flexibility index (Phi) is 5.04. The molecule has 1 saturated carbocycles. The van der Waals surface area contributed by atoms with Crippen LogP contribution in [-0.2, 0) is 4.74 Å². The molecule has 2 aromatic heterocycles. The molecule has 166 valence electrons. The smallest absolute Gasteiger partial charge is 0.387 e. The quantitative estimate of drug-likeness (QED) is 0.772. The summed E-state index contributed by atoms with van der Waals surface area (Å²) in [5, 5.41) is 0. The van der Waals surface area contributed by atoms with E-state index in [0.29, 0.717) is 29.2 Å². The standard InChI is InChI=1S/C21H26F2N6O2/c1-13-10-28(5-6-30-13)17-8-15(14-7-16(31-19(22)23)18(24)25-9-14)26-20(27-17)29-11-21(12-29)3-2-4-21/h7-9,13,19H,2-6,10-12H2,1H3,(H2,24,25)/t13-/m0/s1. The van der Waals surface area contributed by atoms with Crippen LogP contribution >= 0.6 is 0 Å². The van der Waals surface area contributed by atoms with Crippen LogP contribution in [0.1, 0.15) is 26.2 Å². The lowest BCUT2D eigenvalue weighted by Gasteiger charge is -2.56. The van der Waals surface area contributed by atoms with Gasteiger partial charge >= 0.3 is 6.61 Å². The molecule has 10 heteroatoms. The van der Waals surface area contributed by atoms with Gasteiger partial charge < -0.3 is 25.0 Å². The van der Waals surface area contributed by atoms with Gasteiger partial charge in [0.05, 0.1) is 18.4 Å². The first-order chi connectivity index (χ1) is 14.9. The van der Waals surface area contributed by atoms with Crippen LogP contribution in [0.15, 0.2) is 18.3 Å². The SMILES string of the molecule is C[C@H]1CN(c2cc(-c3cnc(N)c(OC(F)F)c3)nc(N3CC4(CCC4)C3)n2)CCO1. The molecule has 2 N–H and O–H groups in total. The van der Waals surface area contributed by atoms with Crippen LogP contribution in [0, 0.1) is 5.41 Å². The van der Waals surface area contributed by atoms with Crippen molar-refractivity contribution in [2.75, 3.05) is 48.3 Å². The number of anilines is 3. The van der Waals surface area contributed by atoms with Crippen LogP contribution in [-0.4, -0.2) is 60.5 Å². The predicted molar refractivity (Wildman–Crippen MR) is 112 cm³/mol. The fraction of sp³-hybridized carbons (Fsp3) is 0.571. The highest BCUT2D eigenvalue weighted by molar-refractivity contribution is 5.68.